The lowest BCUT2D eigenvalue weighted by atomic mass is 10.2. The molecular weight excluding hydrogens is 200 g/mol. The van der Waals surface area contributed by atoms with Crippen molar-refractivity contribution in [2.24, 2.45) is 0 Å². The molecule has 0 bridgehead atoms. The molecule has 3 nitrogen and oxygen atoms in total. The van der Waals surface area contributed by atoms with Crippen molar-refractivity contribution in [2.45, 2.75) is 32.4 Å². The molecule has 0 aliphatic carbocycles. The summed E-state index contributed by atoms with van der Waals surface area (Å²) in [4.78, 5) is 4.30. The van der Waals surface area contributed by atoms with Gasteiger partial charge in [0.25, 0.3) is 0 Å². The molecule has 1 aromatic rings. The van der Waals surface area contributed by atoms with Crippen LogP contribution in [-0.4, -0.2) is 18.1 Å². The molecule has 0 amide bonds. The third-order valence-electron chi connectivity index (χ3n) is 2.30. The first-order valence-electron chi connectivity index (χ1n) is 5.49. The van der Waals surface area contributed by atoms with Crippen LogP contribution in [0.2, 0.25) is 0 Å². The molecule has 0 saturated carbocycles. The molecule has 1 unspecified atom stereocenters. The van der Waals surface area contributed by atoms with Gasteiger partial charge >= 0.3 is 0 Å². The van der Waals surface area contributed by atoms with Crippen molar-refractivity contribution in [3.05, 3.63) is 23.9 Å². The Hall–Kier alpha value is -1.53. The molecule has 0 fully saturated rings. The number of aromatic nitrogens is 1. The van der Waals surface area contributed by atoms with Crippen molar-refractivity contribution in [3.8, 4) is 18.2 Å². The minimum absolute atomic E-state index is 0.123. The van der Waals surface area contributed by atoms with Crippen LogP contribution in [0.3, 0.4) is 0 Å². The summed E-state index contributed by atoms with van der Waals surface area (Å²) in [7, 11) is 1.61. The number of pyridine rings is 1. The lowest BCUT2D eigenvalue weighted by Gasteiger charge is -2.11. The van der Waals surface area contributed by atoms with Crippen LogP contribution in [0.5, 0.6) is 5.88 Å². The molecule has 16 heavy (non-hydrogen) atoms. The Balaban J connectivity index is 2.50. The van der Waals surface area contributed by atoms with Crippen molar-refractivity contribution in [1.29, 1.82) is 0 Å². The van der Waals surface area contributed by atoms with E-state index in [4.69, 9.17) is 11.2 Å². The van der Waals surface area contributed by atoms with E-state index in [9.17, 15) is 0 Å². The van der Waals surface area contributed by atoms with Gasteiger partial charge in [0.05, 0.1) is 18.8 Å². The number of nitrogens with one attached hydrogen (secondary N) is 1. The maximum atomic E-state index is 5.42. The summed E-state index contributed by atoms with van der Waals surface area (Å²) in [6.45, 7) is 2.79. The SMILES string of the molecule is C#CC(CCC)NCc1cccc(OC)n1. The predicted octanol–water partition coefficient (Wildman–Crippen LogP) is 1.98. The number of nitrogens with zero attached hydrogens (tertiary/aromatic N) is 1. The van der Waals surface area contributed by atoms with Crippen molar-refractivity contribution in [1.82, 2.24) is 10.3 Å². The van der Waals surface area contributed by atoms with Gasteiger partial charge in [-0.2, -0.15) is 0 Å². The first kappa shape index (κ1) is 12.5. The summed E-state index contributed by atoms with van der Waals surface area (Å²) < 4.78 is 5.06. The fourth-order valence-corrected chi connectivity index (χ4v) is 1.43. The third kappa shape index (κ3) is 3.92. The zero-order valence-electron chi connectivity index (χ0n) is 9.86. The Bertz CT molecular complexity index is 357. The summed E-state index contributed by atoms with van der Waals surface area (Å²) in [5, 5.41) is 3.28. The molecule has 0 spiro atoms. The molecule has 1 rings (SSSR count). The van der Waals surface area contributed by atoms with Gasteiger partial charge in [0.15, 0.2) is 0 Å². The van der Waals surface area contributed by atoms with Crippen LogP contribution in [0.4, 0.5) is 0 Å². The van der Waals surface area contributed by atoms with Crippen LogP contribution >= 0.6 is 0 Å². The van der Waals surface area contributed by atoms with Gasteiger partial charge in [-0.05, 0) is 12.5 Å². The highest BCUT2D eigenvalue weighted by Crippen LogP contribution is 2.06. The molecule has 0 aliphatic rings. The number of hydrogen-bond acceptors (Lipinski definition) is 3. The van der Waals surface area contributed by atoms with E-state index in [2.05, 4.69) is 23.1 Å². The summed E-state index contributed by atoms with van der Waals surface area (Å²) in [5.74, 6) is 3.36. The Morgan fingerprint density at radius 3 is 3.00 bits per heavy atom. The molecule has 0 aromatic carbocycles. The second kappa shape index (κ2) is 6.86. The standard InChI is InChI=1S/C13H18N2O/c1-4-7-11(5-2)14-10-12-8-6-9-13(15-12)16-3/h2,6,8-9,11,14H,4,7,10H2,1,3H3. The van der Waals surface area contributed by atoms with Gasteiger partial charge in [-0.15, -0.1) is 6.42 Å². The van der Waals surface area contributed by atoms with E-state index >= 15 is 0 Å². The van der Waals surface area contributed by atoms with Crippen molar-refractivity contribution < 1.29 is 4.74 Å². The van der Waals surface area contributed by atoms with Crippen molar-refractivity contribution >= 4 is 0 Å². The molecule has 0 radical (unpaired) electrons. The number of rotatable bonds is 6. The van der Waals surface area contributed by atoms with Gasteiger partial charge < -0.3 is 4.74 Å². The number of ether oxygens (including phenoxy) is 1. The van der Waals surface area contributed by atoms with E-state index in [-0.39, 0.29) is 6.04 Å². The summed E-state index contributed by atoms with van der Waals surface area (Å²) in [5.41, 5.74) is 0.940. The highest BCUT2D eigenvalue weighted by Gasteiger charge is 2.03. The van der Waals surface area contributed by atoms with Crippen LogP contribution < -0.4 is 10.1 Å². The van der Waals surface area contributed by atoms with E-state index in [0.717, 1.165) is 18.5 Å². The molecule has 1 N–H and O–H groups in total. The van der Waals surface area contributed by atoms with Crippen molar-refractivity contribution in [3.63, 3.8) is 0 Å². The zero-order chi connectivity index (χ0) is 11.8. The normalized spacial score (nSPS) is 11.8. The summed E-state index contributed by atoms with van der Waals surface area (Å²) in [6.07, 6.45) is 7.48. The van der Waals surface area contributed by atoms with Crippen LogP contribution in [0, 0.1) is 12.3 Å². The lowest BCUT2D eigenvalue weighted by molar-refractivity contribution is 0.395. The molecule has 0 aliphatic heterocycles. The molecule has 1 heterocycles. The molecule has 1 aromatic heterocycles. The lowest BCUT2D eigenvalue weighted by Crippen LogP contribution is -2.27. The van der Waals surface area contributed by atoms with E-state index in [1.165, 1.54) is 0 Å². The quantitative estimate of drug-likeness (QED) is 0.741. The van der Waals surface area contributed by atoms with E-state index in [1.807, 2.05) is 18.2 Å². The highest BCUT2D eigenvalue weighted by molar-refractivity contribution is 5.15. The zero-order valence-corrected chi connectivity index (χ0v) is 9.86. The Kier molecular flexibility index (Phi) is 5.38. The minimum Gasteiger partial charge on any atom is -0.481 e. The molecular formula is C13H18N2O. The van der Waals surface area contributed by atoms with E-state index in [0.29, 0.717) is 12.4 Å². The largest absolute Gasteiger partial charge is 0.481 e. The maximum absolute atomic E-state index is 5.42. The van der Waals surface area contributed by atoms with Gasteiger partial charge in [0, 0.05) is 12.6 Å². The minimum atomic E-state index is 0.123. The van der Waals surface area contributed by atoms with Gasteiger partial charge in [0.2, 0.25) is 5.88 Å². The molecule has 1 atom stereocenters. The Morgan fingerprint density at radius 2 is 2.38 bits per heavy atom. The summed E-state index contributed by atoms with van der Waals surface area (Å²) >= 11 is 0. The van der Waals surface area contributed by atoms with Gasteiger partial charge in [-0.25, -0.2) is 4.98 Å². The van der Waals surface area contributed by atoms with E-state index in [1.54, 1.807) is 7.11 Å². The number of methoxy groups -OCH3 is 1. The maximum Gasteiger partial charge on any atom is 0.213 e. The fourth-order valence-electron chi connectivity index (χ4n) is 1.43. The Labute approximate surface area is 97.2 Å². The first-order chi connectivity index (χ1) is 7.80. The van der Waals surface area contributed by atoms with Gasteiger partial charge in [-0.1, -0.05) is 25.3 Å². The van der Waals surface area contributed by atoms with Crippen LogP contribution in [0.15, 0.2) is 18.2 Å². The smallest absolute Gasteiger partial charge is 0.213 e. The van der Waals surface area contributed by atoms with Crippen LogP contribution in [0.1, 0.15) is 25.5 Å². The van der Waals surface area contributed by atoms with E-state index < -0.39 is 0 Å². The average Bonchev–Trinajstić information content (AvgIpc) is 2.34. The third-order valence-corrected chi connectivity index (χ3v) is 2.30. The first-order valence-corrected chi connectivity index (χ1v) is 5.49. The Morgan fingerprint density at radius 1 is 1.56 bits per heavy atom. The topological polar surface area (TPSA) is 34.1 Å². The highest BCUT2D eigenvalue weighted by atomic mass is 16.5. The summed E-state index contributed by atoms with van der Waals surface area (Å²) in [6, 6.07) is 5.83. The fraction of sp³-hybridized carbons (Fsp3) is 0.462. The molecule has 0 saturated heterocycles. The van der Waals surface area contributed by atoms with Gasteiger partial charge in [0.1, 0.15) is 0 Å². The second-order valence-corrected chi connectivity index (χ2v) is 3.56. The monoisotopic (exact) mass is 218 g/mol. The van der Waals surface area contributed by atoms with Crippen molar-refractivity contribution in [2.75, 3.05) is 7.11 Å². The molecule has 3 heteroatoms. The number of hydrogen-bond donors (Lipinski definition) is 1. The molecule has 86 valence electrons. The van der Waals surface area contributed by atoms with Crippen LogP contribution in [-0.2, 0) is 6.54 Å². The predicted molar refractivity (Wildman–Crippen MR) is 65.2 cm³/mol. The van der Waals surface area contributed by atoms with Crippen LogP contribution in [0.25, 0.3) is 0 Å². The average molecular weight is 218 g/mol. The second-order valence-electron chi connectivity index (χ2n) is 3.56. The number of terminal acetylenes is 1. The van der Waals surface area contributed by atoms with Gasteiger partial charge in [-0.3, -0.25) is 5.32 Å².